The first-order chi connectivity index (χ1) is 11.2. The number of aromatic nitrogens is 1. The number of benzene rings is 1. The van der Waals surface area contributed by atoms with Gasteiger partial charge in [-0.1, -0.05) is 34.9 Å². The molecule has 1 atom stereocenters. The number of ether oxygens (including phenoxy) is 1. The van der Waals surface area contributed by atoms with E-state index in [1.807, 2.05) is 32.0 Å². The van der Waals surface area contributed by atoms with Gasteiger partial charge in [-0.15, -0.1) is 0 Å². The number of amides is 1. The fourth-order valence-electron chi connectivity index (χ4n) is 2.01. The zero-order valence-electron chi connectivity index (χ0n) is 12.9. The van der Waals surface area contributed by atoms with Crippen LogP contribution < -0.4 is 10.1 Å². The highest BCUT2D eigenvalue weighted by Gasteiger charge is 2.20. The summed E-state index contributed by atoms with van der Waals surface area (Å²) in [7, 11) is 0. The Kier molecular flexibility index (Phi) is 5.45. The van der Waals surface area contributed by atoms with Crippen molar-refractivity contribution in [3.8, 4) is 5.75 Å². The lowest BCUT2D eigenvalue weighted by atomic mass is 10.3. The van der Waals surface area contributed by atoms with Gasteiger partial charge < -0.3 is 10.1 Å². The van der Waals surface area contributed by atoms with Crippen molar-refractivity contribution in [1.29, 1.82) is 0 Å². The number of anilines is 1. The van der Waals surface area contributed by atoms with Gasteiger partial charge in [0.2, 0.25) is 5.91 Å². The highest BCUT2D eigenvalue weighted by molar-refractivity contribution is 8.39. The van der Waals surface area contributed by atoms with Gasteiger partial charge in [0.25, 0.3) is 0 Å². The summed E-state index contributed by atoms with van der Waals surface area (Å²) in [6, 6.07) is 5.76. The molecule has 1 aliphatic heterocycles. The first-order valence-electron chi connectivity index (χ1n) is 7.34. The van der Waals surface area contributed by atoms with Crippen LogP contribution in [0.3, 0.4) is 0 Å². The van der Waals surface area contributed by atoms with Crippen LogP contribution >= 0.6 is 34.9 Å². The molecule has 0 fully saturated rings. The number of carbonyl (C=O) groups excluding carboxylic acids is 1. The average Bonchev–Trinajstić information content (AvgIpc) is 3.16. The lowest BCUT2D eigenvalue weighted by molar-refractivity contribution is -0.115. The molecular weight excluding hydrogens is 350 g/mol. The Balaban J connectivity index is 1.66. The quantitative estimate of drug-likeness (QED) is 0.869. The second-order valence-corrected chi connectivity index (χ2v) is 8.53. The highest BCUT2D eigenvalue weighted by Crippen LogP contribution is 2.30. The maximum Gasteiger partial charge on any atom is 0.239 e. The smallest absolute Gasteiger partial charge is 0.239 e. The van der Waals surface area contributed by atoms with Gasteiger partial charge in [-0.05, 0) is 32.0 Å². The number of nitrogens with zero attached hydrogens (tertiary/aromatic N) is 2. The largest absolute Gasteiger partial charge is 0.494 e. The molecule has 2 aromatic rings. The summed E-state index contributed by atoms with van der Waals surface area (Å²) in [4.78, 5) is 21.1. The van der Waals surface area contributed by atoms with Crippen molar-refractivity contribution in [2.45, 2.75) is 19.1 Å². The maximum absolute atomic E-state index is 12.3. The van der Waals surface area contributed by atoms with E-state index in [-0.39, 0.29) is 11.2 Å². The van der Waals surface area contributed by atoms with Crippen LogP contribution in [0.25, 0.3) is 10.2 Å². The maximum atomic E-state index is 12.3. The van der Waals surface area contributed by atoms with E-state index in [0.29, 0.717) is 11.7 Å². The molecule has 0 radical (unpaired) electrons. The van der Waals surface area contributed by atoms with Crippen LogP contribution in [0.1, 0.15) is 13.8 Å². The third-order valence-corrected chi connectivity index (χ3v) is 6.34. The molecule has 5 nitrogen and oxygen atoms in total. The van der Waals surface area contributed by atoms with Crippen molar-refractivity contribution in [1.82, 2.24) is 4.98 Å². The minimum atomic E-state index is -0.189. The molecule has 23 heavy (non-hydrogen) atoms. The lowest BCUT2D eigenvalue weighted by Crippen LogP contribution is -2.23. The zero-order chi connectivity index (χ0) is 16.2. The molecule has 3 rings (SSSR count). The second-order valence-electron chi connectivity index (χ2n) is 4.83. The molecule has 1 unspecified atom stereocenters. The molecule has 0 saturated carbocycles. The molecule has 1 N–H and O–H groups in total. The summed E-state index contributed by atoms with van der Waals surface area (Å²) < 4.78 is 7.49. The average molecular weight is 368 g/mol. The van der Waals surface area contributed by atoms with Crippen LogP contribution in [0.15, 0.2) is 23.2 Å². The zero-order valence-corrected chi connectivity index (χ0v) is 15.3. The van der Waals surface area contributed by atoms with Gasteiger partial charge in [0, 0.05) is 5.75 Å². The molecule has 1 aromatic carbocycles. The van der Waals surface area contributed by atoms with Gasteiger partial charge in [0.05, 0.1) is 28.6 Å². The Morgan fingerprint density at radius 3 is 3.13 bits per heavy atom. The van der Waals surface area contributed by atoms with Crippen LogP contribution in [-0.2, 0) is 4.79 Å². The van der Waals surface area contributed by atoms with Crippen molar-refractivity contribution >= 4 is 60.5 Å². The van der Waals surface area contributed by atoms with Crippen molar-refractivity contribution in [3.05, 3.63) is 18.2 Å². The molecular formula is C15H17N3O2S3. The topological polar surface area (TPSA) is 63.6 Å². The Morgan fingerprint density at radius 2 is 2.39 bits per heavy atom. The predicted octanol–water partition coefficient (Wildman–Crippen LogP) is 3.86. The molecule has 122 valence electrons. The minimum absolute atomic E-state index is 0.0470. The molecule has 0 spiro atoms. The van der Waals surface area contributed by atoms with Crippen LogP contribution in [-0.4, -0.2) is 39.4 Å². The summed E-state index contributed by atoms with van der Waals surface area (Å²) in [5.74, 6) is 1.78. The van der Waals surface area contributed by atoms with E-state index in [1.54, 1.807) is 11.8 Å². The Hall–Kier alpha value is -1.25. The SMILES string of the molecule is CCOc1ccc2nc(NC(=O)C(C)SC3=NCCS3)sc2c1. The second kappa shape index (κ2) is 7.55. The van der Waals surface area contributed by atoms with E-state index in [2.05, 4.69) is 15.3 Å². The van der Waals surface area contributed by atoms with E-state index < -0.39 is 0 Å². The van der Waals surface area contributed by atoms with Crippen LogP contribution in [0, 0.1) is 0 Å². The van der Waals surface area contributed by atoms with Crippen LogP contribution in [0.4, 0.5) is 5.13 Å². The van der Waals surface area contributed by atoms with Gasteiger partial charge in [-0.3, -0.25) is 9.79 Å². The Morgan fingerprint density at radius 1 is 1.52 bits per heavy atom. The van der Waals surface area contributed by atoms with Crippen LogP contribution in [0.5, 0.6) is 5.75 Å². The van der Waals surface area contributed by atoms with E-state index in [0.717, 1.165) is 32.6 Å². The lowest BCUT2D eigenvalue weighted by Gasteiger charge is -2.09. The number of aliphatic imine (C=N–C) groups is 1. The van der Waals surface area contributed by atoms with E-state index >= 15 is 0 Å². The molecule has 0 bridgehead atoms. The number of hydrogen-bond donors (Lipinski definition) is 1. The standard InChI is InChI=1S/C15H17N3O2S3/c1-3-20-10-4-5-11-12(8-10)23-14(17-11)18-13(19)9(2)22-15-16-6-7-21-15/h4-5,8-9H,3,6-7H2,1-2H3,(H,17,18,19). The van der Waals surface area contributed by atoms with Gasteiger partial charge in [0.1, 0.15) is 10.1 Å². The molecule has 1 aliphatic rings. The highest BCUT2D eigenvalue weighted by atomic mass is 32.2. The number of fused-ring (bicyclic) bond motifs is 1. The van der Waals surface area contributed by atoms with Crippen molar-refractivity contribution in [2.75, 3.05) is 24.2 Å². The summed E-state index contributed by atoms with van der Waals surface area (Å²) in [6.45, 7) is 5.32. The number of thiazole rings is 1. The molecule has 0 saturated heterocycles. The van der Waals surface area contributed by atoms with Crippen molar-refractivity contribution in [2.24, 2.45) is 4.99 Å². The fourth-order valence-corrected chi connectivity index (χ4v) is 5.04. The summed E-state index contributed by atoms with van der Waals surface area (Å²) in [5.41, 5.74) is 0.866. The summed E-state index contributed by atoms with van der Waals surface area (Å²) >= 11 is 4.68. The third kappa shape index (κ3) is 4.19. The molecule has 1 amide bonds. The molecule has 0 aliphatic carbocycles. The monoisotopic (exact) mass is 367 g/mol. The third-order valence-electron chi connectivity index (χ3n) is 3.11. The van der Waals surface area contributed by atoms with E-state index in [1.165, 1.54) is 23.1 Å². The summed E-state index contributed by atoms with van der Waals surface area (Å²) in [6.07, 6.45) is 0. The summed E-state index contributed by atoms with van der Waals surface area (Å²) in [5, 5.41) is 3.33. The van der Waals surface area contributed by atoms with Gasteiger partial charge in [0.15, 0.2) is 5.13 Å². The van der Waals surface area contributed by atoms with Crippen molar-refractivity contribution in [3.63, 3.8) is 0 Å². The van der Waals surface area contributed by atoms with E-state index in [4.69, 9.17) is 4.74 Å². The number of hydrogen-bond acceptors (Lipinski definition) is 7. The first-order valence-corrected chi connectivity index (χ1v) is 10.0. The van der Waals surface area contributed by atoms with Crippen molar-refractivity contribution < 1.29 is 9.53 Å². The molecule has 1 aromatic heterocycles. The van der Waals surface area contributed by atoms with Crippen LogP contribution in [0.2, 0.25) is 0 Å². The van der Waals surface area contributed by atoms with E-state index in [9.17, 15) is 4.79 Å². The normalized spacial score (nSPS) is 15.5. The number of carbonyl (C=O) groups is 1. The Labute approximate surface area is 147 Å². The first kappa shape index (κ1) is 16.6. The fraction of sp³-hybridized carbons (Fsp3) is 0.400. The van der Waals surface area contributed by atoms with Gasteiger partial charge in [-0.2, -0.15) is 0 Å². The molecule has 2 heterocycles. The predicted molar refractivity (Wildman–Crippen MR) is 101 cm³/mol. The van der Waals surface area contributed by atoms with Gasteiger partial charge >= 0.3 is 0 Å². The molecule has 8 heteroatoms. The number of nitrogens with one attached hydrogen (secondary N) is 1. The number of rotatable bonds is 5. The minimum Gasteiger partial charge on any atom is -0.494 e. The Bertz CT molecular complexity index is 745. The van der Waals surface area contributed by atoms with Gasteiger partial charge in [-0.25, -0.2) is 4.98 Å². The number of thioether (sulfide) groups is 2.